The number of piperazine rings is 1. The van der Waals surface area contributed by atoms with Gasteiger partial charge in [0.1, 0.15) is 6.29 Å². The van der Waals surface area contributed by atoms with Crippen LogP contribution in [0, 0.1) is 0 Å². The minimum Gasteiger partial charge on any atom is -0.481 e. The Morgan fingerprint density at radius 1 is 0.657 bits per heavy atom. The third-order valence-electron chi connectivity index (χ3n) is 10.6. The van der Waals surface area contributed by atoms with Crippen LogP contribution in [0.5, 0.6) is 5.88 Å². The van der Waals surface area contributed by atoms with Crippen LogP contribution in [-0.2, 0) is 53.7 Å². The van der Waals surface area contributed by atoms with Crippen molar-refractivity contribution in [2.45, 2.75) is 12.6 Å². The fourth-order valence-corrected chi connectivity index (χ4v) is 6.92. The van der Waals surface area contributed by atoms with Crippen molar-refractivity contribution < 1.29 is 65.4 Å². The van der Waals surface area contributed by atoms with Crippen molar-refractivity contribution in [3.63, 3.8) is 0 Å². The molecule has 3 heterocycles. The monoisotopic (exact) mass is 990 g/mol. The molecule has 0 saturated carbocycles. The van der Waals surface area contributed by atoms with E-state index in [1.807, 2.05) is 31.3 Å². The van der Waals surface area contributed by atoms with Gasteiger partial charge in [0.15, 0.2) is 0 Å². The number of halogens is 3. The van der Waals surface area contributed by atoms with E-state index in [0.717, 1.165) is 23.5 Å². The quantitative estimate of drug-likeness (QED) is 0.0491. The van der Waals surface area contributed by atoms with E-state index in [9.17, 15) is 22.8 Å². The van der Waals surface area contributed by atoms with E-state index < -0.39 is 11.7 Å². The number of fused-ring (bicyclic) bond motifs is 1. The number of carbonyl (C=O) groups excluding carboxylic acids is 2. The van der Waals surface area contributed by atoms with E-state index in [0.29, 0.717) is 179 Å². The fourth-order valence-electron chi connectivity index (χ4n) is 6.92. The topological polar surface area (TPSA) is 182 Å². The minimum atomic E-state index is -4.61. The minimum absolute atomic E-state index is 0.109. The van der Waals surface area contributed by atoms with Crippen molar-refractivity contribution in [3.05, 3.63) is 66.5 Å². The largest absolute Gasteiger partial charge is 0.481 e. The number of hydrogen-bond acceptors (Lipinski definition) is 17. The van der Waals surface area contributed by atoms with Gasteiger partial charge in [-0.3, -0.25) is 14.7 Å². The van der Waals surface area contributed by atoms with Crippen LogP contribution in [0.15, 0.2) is 60.9 Å². The summed E-state index contributed by atoms with van der Waals surface area (Å²) in [5.41, 5.74) is 7.95. The first kappa shape index (κ1) is 57.5. The molecule has 1 fully saturated rings. The van der Waals surface area contributed by atoms with Gasteiger partial charge in [-0.25, -0.2) is 4.98 Å². The zero-order valence-electron chi connectivity index (χ0n) is 40.9. The Kier molecular flexibility index (Phi) is 26.9. The molecule has 1 saturated heterocycles. The van der Waals surface area contributed by atoms with E-state index in [4.69, 9.17) is 48.4 Å². The molecule has 1 aliphatic heterocycles. The van der Waals surface area contributed by atoms with E-state index in [-0.39, 0.29) is 11.4 Å². The van der Waals surface area contributed by atoms with Gasteiger partial charge in [0, 0.05) is 87.8 Å². The lowest BCUT2D eigenvalue weighted by Crippen LogP contribution is -2.45. The lowest BCUT2D eigenvalue weighted by molar-refractivity contribution is -0.137. The number of nitrogens with zero attached hydrogens (tertiary/aromatic N) is 6. The summed E-state index contributed by atoms with van der Waals surface area (Å²) in [6.07, 6.45) is 0.487. The molecule has 18 nitrogen and oxygen atoms in total. The zero-order valence-corrected chi connectivity index (χ0v) is 40.9. The van der Waals surface area contributed by atoms with Gasteiger partial charge >= 0.3 is 6.18 Å². The number of carbonyl (C=O) groups is 2. The number of methoxy groups -OCH3 is 1. The van der Waals surface area contributed by atoms with Crippen LogP contribution in [0.3, 0.4) is 0 Å². The number of alkyl halides is 3. The van der Waals surface area contributed by atoms with Gasteiger partial charge in [0.2, 0.25) is 12.3 Å². The van der Waals surface area contributed by atoms with Crippen molar-refractivity contribution in [2.24, 2.45) is 5.73 Å². The molecule has 5 rings (SSSR count). The molecule has 70 heavy (non-hydrogen) atoms. The molecule has 0 bridgehead atoms. The molecule has 2 aromatic carbocycles. The second kappa shape index (κ2) is 32.7. The number of anilines is 4. The van der Waals surface area contributed by atoms with Crippen LogP contribution in [0.4, 0.5) is 35.9 Å². The number of aromatic nitrogens is 2. The predicted molar refractivity (Wildman–Crippen MR) is 261 cm³/mol. The van der Waals surface area contributed by atoms with E-state index in [2.05, 4.69) is 14.9 Å². The van der Waals surface area contributed by atoms with Gasteiger partial charge < -0.3 is 67.9 Å². The van der Waals surface area contributed by atoms with E-state index in [1.165, 1.54) is 18.1 Å². The van der Waals surface area contributed by atoms with Crippen molar-refractivity contribution in [3.8, 4) is 17.0 Å². The van der Waals surface area contributed by atoms with Crippen LogP contribution in [-0.4, -0.2) is 194 Å². The third-order valence-corrected chi connectivity index (χ3v) is 10.6. The Morgan fingerprint density at radius 3 is 1.64 bits per heavy atom. The van der Waals surface area contributed by atoms with Crippen LogP contribution in [0.1, 0.15) is 12.0 Å². The maximum atomic E-state index is 14.4. The number of ether oxygens (including phenoxy) is 9. The first-order valence-electron chi connectivity index (χ1n) is 23.3. The second-order valence-corrected chi connectivity index (χ2v) is 15.8. The summed E-state index contributed by atoms with van der Waals surface area (Å²) in [5.74, 6) is 0.472. The maximum absolute atomic E-state index is 14.4. The fraction of sp³-hybridized carbons (Fsp3) is 0.551. The van der Waals surface area contributed by atoms with Crippen molar-refractivity contribution in [1.82, 2.24) is 14.9 Å². The van der Waals surface area contributed by atoms with E-state index >= 15 is 0 Å². The number of benzene rings is 2. The average molecular weight is 990 g/mol. The highest BCUT2D eigenvalue weighted by atomic mass is 19.4. The summed E-state index contributed by atoms with van der Waals surface area (Å²) >= 11 is 0. The molecule has 0 spiro atoms. The maximum Gasteiger partial charge on any atom is 0.418 e. The Hall–Kier alpha value is -5.07. The molecular formula is C49H70F3N7O11. The summed E-state index contributed by atoms with van der Waals surface area (Å²) in [6.45, 7) is 11.1. The number of nitrogens with two attached hydrogens (primary N) is 1. The Labute approximate surface area is 408 Å². The molecule has 1 amide bonds. The van der Waals surface area contributed by atoms with Gasteiger partial charge in [0.25, 0.3) is 0 Å². The molecule has 0 atom stereocenters. The molecule has 0 aliphatic carbocycles. The summed E-state index contributed by atoms with van der Waals surface area (Å²) in [7, 11) is 7.08. The van der Waals surface area contributed by atoms with Gasteiger partial charge in [0.05, 0.1) is 141 Å². The molecule has 388 valence electrons. The summed E-state index contributed by atoms with van der Waals surface area (Å²) in [4.78, 5) is 38.5. The SMILES string of the molecule is COc1ccc(-c2ccc3ncc(N(C)C)c(N(C=O)c4ccc(N5CCN(C)CC5)c(C(F)(F)F)c4)c3c2)cn1.NCCOCCOCCOCCOCCOCCOCCOCCOCCC=O. The van der Waals surface area contributed by atoms with Crippen LogP contribution >= 0.6 is 0 Å². The molecule has 0 radical (unpaired) electrons. The smallest absolute Gasteiger partial charge is 0.418 e. The highest BCUT2D eigenvalue weighted by Gasteiger charge is 2.36. The van der Waals surface area contributed by atoms with Gasteiger partial charge in [-0.15, -0.1) is 0 Å². The number of rotatable bonds is 33. The Balaban J connectivity index is 0.000000326. The molecule has 2 aromatic heterocycles. The number of amides is 1. The molecule has 0 unspecified atom stereocenters. The van der Waals surface area contributed by atoms with E-state index in [1.54, 1.807) is 48.4 Å². The second-order valence-electron chi connectivity index (χ2n) is 15.8. The number of aldehydes is 1. The highest BCUT2D eigenvalue weighted by Crippen LogP contribution is 2.44. The number of pyridine rings is 2. The molecule has 1 aliphatic rings. The van der Waals surface area contributed by atoms with Crippen LogP contribution in [0.2, 0.25) is 0 Å². The van der Waals surface area contributed by atoms with Crippen molar-refractivity contribution in [2.75, 3.05) is 181 Å². The molecule has 4 aromatic rings. The highest BCUT2D eigenvalue weighted by molar-refractivity contribution is 6.07. The number of hydrogen-bond donors (Lipinski definition) is 1. The average Bonchev–Trinajstić information content (AvgIpc) is 3.36. The summed E-state index contributed by atoms with van der Waals surface area (Å²) < 4.78 is 90.9. The lowest BCUT2D eigenvalue weighted by Gasteiger charge is -2.36. The van der Waals surface area contributed by atoms with Crippen molar-refractivity contribution >= 4 is 46.3 Å². The van der Waals surface area contributed by atoms with Crippen molar-refractivity contribution in [1.29, 1.82) is 0 Å². The zero-order chi connectivity index (χ0) is 50.4. The normalized spacial score (nSPS) is 13.0. The standard InChI is InChI=1S/C30H31F3N6O2.C19H39NO9/c1-36(2)27-18-34-25-8-5-20(21-6-10-28(41-4)35-17-21)15-23(25)29(27)39(19-40)22-7-9-26(24(16-22)30(31,32)33)38-13-11-37(3)12-14-38;20-2-5-23-7-9-25-11-13-27-15-17-29-19-18-28-16-14-26-12-10-24-8-6-22-4-1-3-21/h5-10,15-19H,11-14H2,1-4H3;3H,1-2,4-20H2. The van der Waals surface area contributed by atoms with Crippen LogP contribution < -0.4 is 25.2 Å². The Bertz CT molecular complexity index is 2080. The first-order valence-corrected chi connectivity index (χ1v) is 23.3. The van der Waals surface area contributed by atoms with Gasteiger partial charge in [-0.1, -0.05) is 6.07 Å². The molecule has 2 N–H and O–H groups in total. The third kappa shape index (κ3) is 20.0. The summed E-state index contributed by atoms with van der Waals surface area (Å²) in [5, 5.41) is 0.605. The number of likely N-dealkylation sites (N-methyl/N-ethyl adjacent to an activating group) is 1. The lowest BCUT2D eigenvalue weighted by atomic mass is 10.0. The molecule has 21 heteroatoms. The van der Waals surface area contributed by atoms with Gasteiger partial charge in [-0.2, -0.15) is 13.2 Å². The summed E-state index contributed by atoms with van der Waals surface area (Å²) in [6, 6.07) is 13.3. The van der Waals surface area contributed by atoms with Gasteiger partial charge in [-0.05, 0) is 49.0 Å². The first-order chi connectivity index (χ1) is 34.0. The Morgan fingerprint density at radius 2 is 1.19 bits per heavy atom. The molecular weight excluding hydrogens is 920 g/mol. The predicted octanol–water partition coefficient (Wildman–Crippen LogP) is 5.10. The van der Waals surface area contributed by atoms with Crippen LogP contribution in [0.25, 0.3) is 22.0 Å².